The van der Waals surface area contributed by atoms with E-state index in [-0.39, 0.29) is 24.7 Å². The summed E-state index contributed by atoms with van der Waals surface area (Å²) in [4.78, 5) is 19.5. The molecule has 1 unspecified atom stereocenters. The highest BCUT2D eigenvalue weighted by Gasteiger charge is 2.34. The number of hydrogen-bond acceptors (Lipinski definition) is 5. The van der Waals surface area contributed by atoms with Crippen LogP contribution in [0, 0.1) is 0 Å². The lowest BCUT2D eigenvalue weighted by Gasteiger charge is -2.32. The van der Waals surface area contributed by atoms with Gasteiger partial charge in [-0.1, -0.05) is 6.07 Å². The summed E-state index contributed by atoms with van der Waals surface area (Å²) in [6.45, 7) is 6.37. The maximum absolute atomic E-state index is 12.8. The number of aromatic nitrogens is 2. The molecule has 2 aromatic rings. The largest absolute Gasteiger partial charge is 0.454 e. The van der Waals surface area contributed by atoms with E-state index in [1.807, 2.05) is 43.7 Å². The van der Waals surface area contributed by atoms with Gasteiger partial charge in [0.2, 0.25) is 12.7 Å². The molecule has 1 aromatic carbocycles. The molecule has 26 heavy (non-hydrogen) atoms. The first-order valence-electron chi connectivity index (χ1n) is 8.92. The van der Waals surface area contributed by atoms with Gasteiger partial charge in [0, 0.05) is 32.7 Å². The summed E-state index contributed by atoms with van der Waals surface area (Å²) >= 11 is 0. The predicted octanol–water partition coefficient (Wildman–Crippen LogP) is 1.77. The molecule has 1 aromatic heterocycles. The fourth-order valence-corrected chi connectivity index (χ4v) is 3.69. The van der Waals surface area contributed by atoms with E-state index in [4.69, 9.17) is 9.47 Å². The number of imidazole rings is 1. The molecule has 3 heterocycles. The third kappa shape index (κ3) is 3.14. The number of nitrogens with one attached hydrogen (secondary N) is 1. The molecule has 0 fully saturated rings. The molecule has 1 atom stereocenters. The predicted molar refractivity (Wildman–Crippen MR) is 95.9 cm³/mol. The minimum Gasteiger partial charge on any atom is -0.454 e. The third-order valence-corrected chi connectivity index (χ3v) is 4.80. The number of aryl methyl sites for hydroxylation is 1. The number of amides is 1. The van der Waals surface area contributed by atoms with Crippen LogP contribution in [0.2, 0.25) is 0 Å². The molecule has 0 bridgehead atoms. The first-order valence-corrected chi connectivity index (χ1v) is 8.92. The minimum absolute atomic E-state index is 0.0558. The molecule has 0 aliphatic carbocycles. The Hall–Kier alpha value is -2.54. The molecule has 0 saturated carbocycles. The molecule has 138 valence electrons. The molecule has 1 amide bonds. The molecule has 0 saturated heterocycles. The van der Waals surface area contributed by atoms with Crippen molar-refractivity contribution in [2.24, 2.45) is 7.05 Å². The average Bonchev–Trinajstić information content (AvgIpc) is 3.20. The molecule has 4 rings (SSSR count). The second kappa shape index (κ2) is 6.64. The Kier molecular flexibility index (Phi) is 4.32. The number of carbonyl (C=O) groups excluding carboxylic acids is 1. The fourth-order valence-electron chi connectivity index (χ4n) is 3.69. The average molecular weight is 356 g/mol. The lowest BCUT2D eigenvalue weighted by molar-refractivity contribution is -0.124. The zero-order valence-corrected chi connectivity index (χ0v) is 15.4. The zero-order chi connectivity index (χ0) is 18.3. The molecule has 7 nitrogen and oxygen atoms in total. The van der Waals surface area contributed by atoms with Crippen molar-refractivity contribution in [2.45, 2.75) is 38.9 Å². The van der Waals surface area contributed by atoms with E-state index < -0.39 is 0 Å². The number of rotatable bonds is 4. The van der Waals surface area contributed by atoms with Crippen molar-refractivity contribution in [1.29, 1.82) is 0 Å². The van der Waals surface area contributed by atoms with Gasteiger partial charge in [-0.25, -0.2) is 4.98 Å². The van der Waals surface area contributed by atoms with Crippen molar-refractivity contribution < 1.29 is 14.3 Å². The second-order valence-corrected chi connectivity index (χ2v) is 7.26. The molecule has 1 N–H and O–H groups in total. The second-order valence-electron chi connectivity index (χ2n) is 7.26. The van der Waals surface area contributed by atoms with Crippen LogP contribution in [0.15, 0.2) is 24.5 Å². The Bertz CT molecular complexity index is 830. The number of carbonyl (C=O) groups is 1. The van der Waals surface area contributed by atoms with Crippen LogP contribution in [-0.2, 0) is 24.9 Å². The summed E-state index contributed by atoms with van der Waals surface area (Å²) in [6.07, 6.45) is 1.80. The summed E-state index contributed by atoms with van der Waals surface area (Å²) in [5.41, 5.74) is 3.13. The van der Waals surface area contributed by atoms with E-state index in [1.54, 1.807) is 6.33 Å². The summed E-state index contributed by atoms with van der Waals surface area (Å²) < 4.78 is 12.8. The van der Waals surface area contributed by atoms with Gasteiger partial charge in [-0.3, -0.25) is 9.69 Å². The number of fused-ring (bicyclic) bond motifs is 2. The number of benzene rings is 1. The fraction of sp³-hybridized carbons (Fsp3) is 0.474. The molecular formula is C19H24N4O3. The first kappa shape index (κ1) is 16.9. The van der Waals surface area contributed by atoms with Crippen molar-refractivity contribution in [1.82, 2.24) is 19.8 Å². The summed E-state index contributed by atoms with van der Waals surface area (Å²) in [5.74, 6) is 1.41. The van der Waals surface area contributed by atoms with Gasteiger partial charge < -0.3 is 19.4 Å². The lowest BCUT2D eigenvalue weighted by atomic mass is 9.96. The molecule has 0 radical (unpaired) electrons. The van der Waals surface area contributed by atoms with Crippen LogP contribution >= 0.6 is 0 Å². The van der Waals surface area contributed by atoms with E-state index in [9.17, 15) is 4.79 Å². The first-order chi connectivity index (χ1) is 12.5. The van der Waals surface area contributed by atoms with Crippen LogP contribution in [0.25, 0.3) is 0 Å². The van der Waals surface area contributed by atoms with Gasteiger partial charge in [0.25, 0.3) is 0 Å². The topological polar surface area (TPSA) is 68.6 Å². The monoisotopic (exact) mass is 356 g/mol. The smallest absolute Gasteiger partial charge is 0.231 e. The highest BCUT2D eigenvalue weighted by atomic mass is 16.7. The third-order valence-electron chi connectivity index (χ3n) is 4.80. The minimum atomic E-state index is -0.220. The van der Waals surface area contributed by atoms with Crippen molar-refractivity contribution in [3.8, 4) is 11.5 Å². The Morgan fingerprint density at radius 1 is 1.35 bits per heavy atom. The van der Waals surface area contributed by atoms with Gasteiger partial charge in [-0.05, 0) is 31.5 Å². The van der Waals surface area contributed by atoms with Crippen molar-refractivity contribution in [3.05, 3.63) is 41.5 Å². The van der Waals surface area contributed by atoms with E-state index >= 15 is 0 Å². The molecule has 7 heteroatoms. The van der Waals surface area contributed by atoms with Gasteiger partial charge in [-0.2, -0.15) is 0 Å². The van der Waals surface area contributed by atoms with Gasteiger partial charge >= 0.3 is 0 Å². The van der Waals surface area contributed by atoms with Crippen LogP contribution in [-0.4, -0.2) is 39.7 Å². The van der Waals surface area contributed by atoms with Crippen LogP contribution in [0.4, 0.5) is 0 Å². The Labute approximate surface area is 152 Å². The van der Waals surface area contributed by atoms with Gasteiger partial charge in [0.15, 0.2) is 11.5 Å². The standard InChI is InChI=1S/C19H24N4O3/c1-12(2)21-19(24)14-8-23(9-15-18(14)22(3)10-20-15)7-13-4-5-16-17(6-13)26-11-25-16/h4-6,10,12,14H,7-9,11H2,1-3H3,(H,21,24). The number of nitrogens with zero attached hydrogens (tertiary/aromatic N) is 3. The van der Waals surface area contributed by atoms with Gasteiger partial charge in [0.1, 0.15) is 0 Å². The van der Waals surface area contributed by atoms with Gasteiger partial charge in [-0.15, -0.1) is 0 Å². The van der Waals surface area contributed by atoms with Crippen LogP contribution < -0.4 is 14.8 Å². The van der Waals surface area contributed by atoms with Crippen molar-refractivity contribution >= 4 is 5.91 Å². The van der Waals surface area contributed by atoms with E-state index in [0.29, 0.717) is 6.54 Å². The number of hydrogen-bond donors (Lipinski definition) is 1. The Balaban J connectivity index is 1.56. The van der Waals surface area contributed by atoms with Crippen LogP contribution in [0.3, 0.4) is 0 Å². The maximum Gasteiger partial charge on any atom is 0.231 e. The van der Waals surface area contributed by atoms with Crippen LogP contribution in [0.5, 0.6) is 11.5 Å². The number of ether oxygens (including phenoxy) is 2. The highest BCUT2D eigenvalue weighted by Crippen LogP contribution is 2.34. The normalized spacial score (nSPS) is 18.8. The molecule has 2 aliphatic heterocycles. The summed E-state index contributed by atoms with van der Waals surface area (Å²) in [6, 6.07) is 6.12. The molecule has 2 aliphatic rings. The van der Waals surface area contributed by atoms with Gasteiger partial charge in [0.05, 0.1) is 23.6 Å². The van der Waals surface area contributed by atoms with Crippen molar-refractivity contribution in [2.75, 3.05) is 13.3 Å². The quantitative estimate of drug-likeness (QED) is 0.904. The summed E-state index contributed by atoms with van der Waals surface area (Å²) in [5, 5.41) is 3.05. The van der Waals surface area contributed by atoms with E-state index in [2.05, 4.69) is 15.2 Å². The Morgan fingerprint density at radius 3 is 2.96 bits per heavy atom. The lowest BCUT2D eigenvalue weighted by Crippen LogP contribution is -2.43. The van der Waals surface area contributed by atoms with Crippen LogP contribution in [0.1, 0.15) is 36.7 Å². The molecule has 0 spiro atoms. The molecular weight excluding hydrogens is 332 g/mol. The van der Waals surface area contributed by atoms with E-state index in [1.165, 1.54) is 0 Å². The zero-order valence-electron chi connectivity index (χ0n) is 15.4. The van der Waals surface area contributed by atoms with Crippen molar-refractivity contribution in [3.63, 3.8) is 0 Å². The Morgan fingerprint density at radius 2 is 2.15 bits per heavy atom. The maximum atomic E-state index is 12.8. The SMILES string of the molecule is CC(C)NC(=O)C1CN(Cc2ccc3c(c2)OCO3)Cc2ncn(C)c21. The van der Waals surface area contributed by atoms with E-state index in [0.717, 1.165) is 41.5 Å². The summed E-state index contributed by atoms with van der Waals surface area (Å²) in [7, 11) is 1.95. The highest BCUT2D eigenvalue weighted by molar-refractivity contribution is 5.84.